The zero-order valence-electron chi connectivity index (χ0n) is 14.1. The predicted molar refractivity (Wildman–Crippen MR) is 101 cm³/mol. The van der Waals surface area contributed by atoms with Gasteiger partial charge in [0.2, 0.25) is 0 Å². The van der Waals surface area contributed by atoms with Gasteiger partial charge in [-0.25, -0.2) is 14.2 Å². The van der Waals surface area contributed by atoms with E-state index in [0.717, 1.165) is 24.2 Å². The van der Waals surface area contributed by atoms with Gasteiger partial charge in [0.25, 0.3) is 0 Å². The van der Waals surface area contributed by atoms with E-state index in [-0.39, 0.29) is 5.69 Å². The second-order valence-corrected chi connectivity index (χ2v) is 6.42. The summed E-state index contributed by atoms with van der Waals surface area (Å²) in [6.07, 6.45) is 4.75. The maximum atomic E-state index is 12.8. The fraction of sp³-hybridized carbons (Fsp3) is 0.150. The lowest BCUT2D eigenvalue weighted by atomic mass is 10.1. The Hall–Kier alpha value is -3.41. The highest BCUT2D eigenvalue weighted by Crippen LogP contribution is 2.27. The van der Waals surface area contributed by atoms with Crippen LogP contribution in [0.4, 0.5) is 5.69 Å². The molecule has 26 heavy (non-hydrogen) atoms. The monoisotopic (exact) mass is 343 g/mol. The van der Waals surface area contributed by atoms with Crippen molar-refractivity contribution >= 4 is 11.3 Å². The first-order chi connectivity index (χ1) is 12.8. The Kier molecular flexibility index (Phi) is 3.35. The van der Waals surface area contributed by atoms with E-state index >= 15 is 0 Å². The number of rotatable bonds is 3. The molecule has 3 aromatic heterocycles. The summed E-state index contributed by atoms with van der Waals surface area (Å²) in [4.78, 5) is 19.3. The number of nitrogens with zero attached hydrogens (tertiary/aromatic N) is 5. The average Bonchev–Trinajstić information content (AvgIpc) is 2.98. The van der Waals surface area contributed by atoms with E-state index in [4.69, 9.17) is 0 Å². The molecular weight excluding hydrogens is 326 g/mol. The number of hydrogen-bond acceptors (Lipinski definition) is 4. The van der Waals surface area contributed by atoms with Gasteiger partial charge in [-0.2, -0.15) is 4.68 Å². The number of anilines is 1. The van der Waals surface area contributed by atoms with Crippen LogP contribution in [0, 0.1) is 0 Å². The number of aromatic nitrogens is 4. The topological polar surface area (TPSA) is 55.4 Å². The first kappa shape index (κ1) is 14.9. The van der Waals surface area contributed by atoms with Gasteiger partial charge in [0, 0.05) is 31.2 Å². The third kappa shape index (κ3) is 2.38. The fourth-order valence-electron chi connectivity index (χ4n) is 3.23. The van der Waals surface area contributed by atoms with Crippen molar-refractivity contribution in [1.82, 2.24) is 19.2 Å². The molecule has 0 bridgehead atoms. The molecule has 0 spiro atoms. The van der Waals surface area contributed by atoms with E-state index in [1.54, 1.807) is 16.7 Å². The summed E-state index contributed by atoms with van der Waals surface area (Å²) in [5.41, 5.74) is 3.68. The van der Waals surface area contributed by atoms with Gasteiger partial charge in [0.1, 0.15) is 0 Å². The summed E-state index contributed by atoms with van der Waals surface area (Å²) < 4.78 is 2.90. The molecule has 0 unspecified atom stereocenters. The van der Waals surface area contributed by atoms with E-state index in [0.29, 0.717) is 11.5 Å². The summed E-state index contributed by atoms with van der Waals surface area (Å²) in [6, 6.07) is 17.7. The van der Waals surface area contributed by atoms with Crippen molar-refractivity contribution in [3.63, 3.8) is 0 Å². The van der Waals surface area contributed by atoms with Crippen molar-refractivity contribution in [2.45, 2.75) is 6.42 Å². The molecule has 0 radical (unpaired) electrons. The minimum atomic E-state index is -0.223. The Balaban J connectivity index is 1.60. The number of pyridine rings is 2. The molecule has 1 aliphatic rings. The van der Waals surface area contributed by atoms with Gasteiger partial charge in [0.15, 0.2) is 11.5 Å². The van der Waals surface area contributed by atoms with E-state index in [1.165, 1.54) is 16.8 Å². The molecule has 6 heteroatoms. The van der Waals surface area contributed by atoms with E-state index in [2.05, 4.69) is 39.2 Å². The predicted octanol–water partition coefficient (Wildman–Crippen LogP) is 2.76. The second kappa shape index (κ2) is 5.84. The summed E-state index contributed by atoms with van der Waals surface area (Å²) >= 11 is 0. The molecule has 4 aromatic rings. The van der Waals surface area contributed by atoms with Crippen molar-refractivity contribution in [1.29, 1.82) is 0 Å². The van der Waals surface area contributed by atoms with Crippen LogP contribution in [0.1, 0.15) is 6.42 Å². The Morgan fingerprint density at radius 3 is 2.62 bits per heavy atom. The normalized spacial score (nSPS) is 13.8. The fourth-order valence-corrected chi connectivity index (χ4v) is 3.23. The molecule has 0 aliphatic carbocycles. The van der Waals surface area contributed by atoms with Gasteiger partial charge in [-0.15, -0.1) is 5.10 Å². The van der Waals surface area contributed by atoms with Gasteiger partial charge < -0.3 is 4.90 Å². The van der Waals surface area contributed by atoms with Gasteiger partial charge in [0.05, 0.1) is 0 Å². The molecule has 128 valence electrons. The molecular formula is C20H17N5O. The Bertz CT molecular complexity index is 1140. The number of fused-ring (bicyclic) bond motifs is 1. The SMILES string of the molecule is O=c1n(-c2ccccn2)nc2ccc(-c3cccc(N4CCC4)c3)cn12. The van der Waals surface area contributed by atoms with Crippen LogP contribution >= 0.6 is 0 Å². The van der Waals surface area contributed by atoms with Crippen LogP contribution < -0.4 is 10.6 Å². The zero-order valence-corrected chi connectivity index (χ0v) is 14.1. The van der Waals surface area contributed by atoms with Crippen LogP contribution in [0.3, 0.4) is 0 Å². The van der Waals surface area contributed by atoms with Gasteiger partial charge in [-0.05, 0) is 53.9 Å². The third-order valence-electron chi connectivity index (χ3n) is 4.78. The molecule has 0 N–H and O–H groups in total. The van der Waals surface area contributed by atoms with Crippen LogP contribution in [0.25, 0.3) is 22.6 Å². The smallest absolute Gasteiger partial charge is 0.356 e. The molecule has 1 fully saturated rings. The highest BCUT2D eigenvalue weighted by Gasteiger charge is 2.15. The summed E-state index contributed by atoms with van der Waals surface area (Å²) in [5, 5.41) is 4.38. The Morgan fingerprint density at radius 1 is 0.923 bits per heavy atom. The van der Waals surface area contributed by atoms with Gasteiger partial charge in [-0.3, -0.25) is 0 Å². The van der Waals surface area contributed by atoms with Crippen LogP contribution in [0.5, 0.6) is 0 Å². The summed E-state index contributed by atoms with van der Waals surface area (Å²) in [5.74, 6) is 0.516. The highest BCUT2D eigenvalue weighted by molar-refractivity contribution is 5.69. The first-order valence-electron chi connectivity index (χ1n) is 8.68. The molecule has 6 nitrogen and oxygen atoms in total. The van der Waals surface area contributed by atoms with Crippen molar-refractivity contribution in [2.75, 3.05) is 18.0 Å². The summed E-state index contributed by atoms with van der Waals surface area (Å²) in [6.45, 7) is 2.22. The maximum absolute atomic E-state index is 12.8. The minimum absolute atomic E-state index is 0.223. The maximum Gasteiger partial charge on any atom is 0.356 e. The van der Waals surface area contributed by atoms with Gasteiger partial charge in [-0.1, -0.05) is 18.2 Å². The van der Waals surface area contributed by atoms with Crippen LogP contribution in [0.15, 0.2) is 71.8 Å². The lowest BCUT2D eigenvalue weighted by molar-refractivity contribution is 0.618. The number of benzene rings is 1. The Labute approximate surface area is 150 Å². The second-order valence-electron chi connectivity index (χ2n) is 6.42. The minimum Gasteiger partial charge on any atom is -0.371 e. The Morgan fingerprint density at radius 2 is 1.85 bits per heavy atom. The van der Waals surface area contributed by atoms with Crippen LogP contribution in [0.2, 0.25) is 0 Å². The van der Waals surface area contributed by atoms with E-state index in [1.807, 2.05) is 30.5 Å². The van der Waals surface area contributed by atoms with E-state index in [9.17, 15) is 4.79 Å². The molecule has 1 saturated heterocycles. The van der Waals surface area contributed by atoms with Crippen molar-refractivity contribution in [2.24, 2.45) is 0 Å². The standard InChI is InChI=1S/C20H17N5O/c26-20-24-14-16(15-5-3-6-17(13-15)23-11-4-12-23)8-9-19(24)22-25(20)18-7-1-2-10-21-18/h1-3,5-10,13-14H,4,11-12H2. The molecule has 1 aromatic carbocycles. The van der Waals surface area contributed by atoms with E-state index < -0.39 is 0 Å². The van der Waals surface area contributed by atoms with Crippen LogP contribution in [-0.2, 0) is 0 Å². The molecule has 4 heterocycles. The highest BCUT2D eigenvalue weighted by atomic mass is 16.2. The molecule has 0 saturated carbocycles. The lowest BCUT2D eigenvalue weighted by Gasteiger charge is -2.33. The quantitative estimate of drug-likeness (QED) is 0.574. The van der Waals surface area contributed by atoms with Crippen molar-refractivity contribution in [3.05, 3.63) is 77.5 Å². The van der Waals surface area contributed by atoms with Crippen LogP contribution in [-0.4, -0.2) is 32.3 Å². The first-order valence-corrected chi connectivity index (χ1v) is 8.68. The largest absolute Gasteiger partial charge is 0.371 e. The molecule has 0 amide bonds. The van der Waals surface area contributed by atoms with Crippen molar-refractivity contribution in [3.8, 4) is 16.9 Å². The molecule has 0 atom stereocenters. The summed E-state index contributed by atoms with van der Waals surface area (Å²) in [7, 11) is 0. The third-order valence-corrected chi connectivity index (χ3v) is 4.78. The molecule has 5 rings (SSSR count). The zero-order chi connectivity index (χ0) is 17.5. The molecule has 1 aliphatic heterocycles. The van der Waals surface area contributed by atoms with Crippen molar-refractivity contribution < 1.29 is 0 Å². The lowest BCUT2D eigenvalue weighted by Crippen LogP contribution is -2.36. The number of hydrogen-bond donors (Lipinski definition) is 0. The van der Waals surface area contributed by atoms with Gasteiger partial charge >= 0.3 is 5.69 Å². The average molecular weight is 343 g/mol.